The summed E-state index contributed by atoms with van der Waals surface area (Å²) in [5.41, 5.74) is 0. The summed E-state index contributed by atoms with van der Waals surface area (Å²) in [6, 6.07) is 9.66. The van der Waals surface area contributed by atoms with Gasteiger partial charge in [0.05, 0.1) is 0 Å². The van der Waals surface area contributed by atoms with E-state index in [0.29, 0.717) is 6.42 Å². The van der Waals surface area contributed by atoms with E-state index >= 15 is 0 Å². The highest BCUT2D eigenvalue weighted by Crippen LogP contribution is 2.24. The van der Waals surface area contributed by atoms with Crippen molar-refractivity contribution in [3.63, 3.8) is 0 Å². The molecule has 26 heavy (non-hydrogen) atoms. The van der Waals surface area contributed by atoms with E-state index < -0.39 is 5.79 Å². The molecule has 150 valence electrons. The second-order valence-corrected chi connectivity index (χ2v) is 7.71. The van der Waals surface area contributed by atoms with Crippen molar-refractivity contribution in [2.45, 2.75) is 116 Å². The van der Waals surface area contributed by atoms with E-state index in [0.717, 1.165) is 18.6 Å². The summed E-state index contributed by atoms with van der Waals surface area (Å²) >= 11 is 0. The van der Waals surface area contributed by atoms with E-state index in [1.54, 1.807) is 0 Å². The molecule has 0 spiro atoms. The van der Waals surface area contributed by atoms with Gasteiger partial charge in [0.1, 0.15) is 5.75 Å². The molecule has 2 nitrogen and oxygen atoms in total. The van der Waals surface area contributed by atoms with Crippen molar-refractivity contribution in [1.82, 2.24) is 0 Å². The highest BCUT2D eigenvalue weighted by Gasteiger charge is 2.26. The summed E-state index contributed by atoms with van der Waals surface area (Å²) in [5, 5.41) is 10.6. The van der Waals surface area contributed by atoms with E-state index in [4.69, 9.17) is 4.74 Å². The lowest BCUT2D eigenvalue weighted by Gasteiger charge is -2.28. The zero-order chi connectivity index (χ0) is 18.9. The van der Waals surface area contributed by atoms with Crippen molar-refractivity contribution < 1.29 is 9.84 Å². The second-order valence-electron chi connectivity index (χ2n) is 7.71. The molecule has 0 aliphatic heterocycles. The molecule has 0 saturated carbocycles. The van der Waals surface area contributed by atoms with Gasteiger partial charge in [-0.1, -0.05) is 109 Å². The van der Waals surface area contributed by atoms with Gasteiger partial charge in [-0.25, -0.2) is 0 Å². The number of rotatable bonds is 17. The summed E-state index contributed by atoms with van der Waals surface area (Å²) < 4.78 is 5.81. The molecular weight excluding hydrogens is 320 g/mol. The van der Waals surface area contributed by atoms with Crippen LogP contribution in [0.4, 0.5) is 0 Å². The van der Waals surface area contributed by atoms with Crippen molar-refractivity contribution in [3.05, 3.63) is 30.3 Å². The Morgan fingerprint density at radius 3 is 1.62 bits per heavy atom. The topological polar surface area (TPSA) is 29.5 Å². The Balaban J connectivity index is 1.97. The fourth-order valence-corrected chi connectivity index (χ4v) is 3.43. The van der Waals surface area contributed by atoms with E-state index in [9.17, 15) is 5.11 Å². The van der Waals surface area contributed by atoms with Crippen LogP contribution >= 0.6 is 0 Å². The molecule has 2 heteroatoms. The first-order valence-electron chi connectivity index (χ1n) is 11.2. The minimum atomic E-state index is -1.01. The van der Waals surface area contributed by atoms with Gasteiger partial charge < -0.3 is 9.84 Å². The van der Waals surface area contributed by atoms with Crippen LogP contribution in [0.2, 0.25) is 0 Å². The van der Waals surface area contributed by atoms with Gasteiger partial charge in [-0.15, -0.1) is 0 Å². The predicted octanol–water partition coefficient (Wildman–Crippen LogP) is 7.65. The molecular formula is C24H42O2. The average molecular weight is 363 g/mol. The zero-order valence-electron chi connectivity index (χ0n) is 17.3. The molecule has 0 fully saturated rings. The normalized spacial score (nSPS) is 13.5. The fourth-order valence-electron chi connectivity index (χ4n) is 3.43. The number of aliphatic hydroxyl groups is 1. The molecule has 0 aliphatic carbocycles. The van der Waals surface area contributed by atoms with Crippen LogP contribution in [0.5, 0.6) is 5.75 Å². The van der Waals surface area contributed by atoms with E-state index in [1.807, 2.05) is 37.3 Å². The Bertz CT molecular complexity index is 417. The van der Waals surface area contributed by atoms with Crippen molar-refractivity contribution in [2.24, 2.45) is 0 Å². The van der Waals surface area contributed by atoms with Gasteiger partial charge in [-0.3, -0.25) is 0 Å². The third-order valence-electron chi connectivity index (χ3n) is 5.27. The zero-order valence-corrected chi connectivity index (χ0v) is 17.3. The minimum Gasteiger partial charge on any atom is -0.463 e. The molecule has 1 N–H and O–H groups in total. The van der Waals surface area contributed by atoms with Crippen molar-refractivity contribution in [3.8, 4) is 5.75 Å². The smallest absolute Gasteiger partial charge is 0.207 e. The molecule has 0 bridgehead atoms. The summed E-state index contributed by atoms with van der Waals surface area (Å²) in [6.07, 6.45) is 18.8. The molecule has 0 radical (unpaired) electrons. The van der Waals surface area contributed by atoms with Crippen molar-refractivity contribution in [2.75, 3.05) is 0 Å². The lowest BCUT2D eigenvalue weighted by Crippen LogP contribution is -2.34. The number of unbranched alkanes of at least 4 members (excludes halogenated alkanes) is 12. The number of hydrogen-bond acceptors (Lipinski definition) is 2. The Kier molecular flexibility index (Phi) is 13.4. The first-order valence-corrected chi connectivity index (χ1v) is 11.2. The van der Waals surface area contributed by atoms with Gasteiger partial charge in [0.25, 0.3) is 0 Å². The predicted molar refractivity (Wildman–Crippen MR) is 113 cm³/mol. The monoisotopic (exact) mass is 362 g/mol. The summed E-state index contributed by atoms with van der Waals surface area (Å²) in [7, 11) is 0. The minimum absolute atomic E-state index is 0.625. The lowest BCUT2D eigenvalue weighted by atomic mass is 10.0. The van der Waals surface area contributed by atoms with Gasteiger partial charge in [-0.2, -0.15) is 0 Å². The number of ether oxygens (including phenoxy) is 1. The molecule has 0 saturated heterocycles. The average Bonchev–Trinajstić information content (AvgIpc) is 2.66. The van der Waals surface area contributed by atoms with Crippen LogP contribution in [-0.2, 0) is 0 Å². The van der Waals surface area contributed by atoms with Crippen LogP contribution in [0.15, 0.2) is 30.3 Å². The van der Waals surface area contributed by atoms with E-state index in [-0.39, 0.29) is 0 Å². The van der Waals surface area contributed by atoms with Crippen LogP contribution < -0.4 is 4.74 Å². The van der Waals surface area contributed by atoms with Crippen LogP contribution in [-0.4, -0.2) is 10.9 Å². The second kappa shape index (κ2) is 15.1. The Hall–Kier alpha value is -1.02. The molecule has 0 amide bonds. The first kappa shape index (κ1) is 23.0. The Morgan fingerprint density at radius 1 is 0.692 bits per heavy atom. The highest BCUT2D eigenvalue weighted by atomic mass is 16.6. The van der Waals surface area contributed by atoms with Gasteiger partial charge in [0, 0.05) is 12.8 Å². The Morgan fingerprint density at radius 2 is 1.15 bits per heavy atom. The van der Waals surface area contributed by atoms with Gasteiger partial charge in [0.2, 0.25) is 5.79 Å². The fraction of sp³-hybridized carbons (Fsp3) is 0.750. The highest BCUT2D eigenvalue weighted by molar-refractivity contribution is 5.21. The molecule has 0 heterocycles. The molecule has 1 rings (SSSR count). The van der Waals surface area contributed by atoms with Gasteiger partial charge in [-0.05, 0) is 18.6 Å². The molecule has 1 unspecified atom stereocenters. The number of hydrogen-bond donors (Lipinski definition) is 1. The van der Waals surface area contributed by atoms with Gasteiger partial charge in [0.15, 0.2) is 0 Å². The standard InChI is InChI=1S/C24H42O2/c1-3-5-6-7-8-9-10-11-12-13-14-15-19-22-24(25,4-2)26-23-20-17-16-18-21-23/h16-18,20-21,25H,3-15,19,22H2,1-2H3. The van der Waals surface area contributed by atoms with Crippen LogP contribution in [0.25, 0.3) is 0 Å². The van der Waals surface area contributed by atoms with E-state index in [1.165, 1.54) is 77.0 Å². The number of benzene rings is 1. The molecule has 0 aromatic heterocycles. The molecule has 1 atom stereocenters. The van der Waals surface area contributed by atoms with E-state index in [2.05, 4.69) is 6.92 Å². The third-order valence-corrected chi connectivity index (χ3v) is 5.27. The summed E-state index contributed by atoms with van der Waals surface area (Å²) in [6.45, 7) is 4.27. The van der Waals surface area contributed by atoms with Crippen molar-refractivity contribution >= 4 is 0 Å². The van der Waals surface area contributed by atoms with Crippen LogP contribution in [0, 0.1) is 0 Å². The van der Waals surface area contributed by atoms with Crippen molar-refractivity contribution in [1.29, 1.82) is 0 Å². The lowest BCUT2D eigenvalue weighted by molar-refractivity contribution is -0.145. The summed E-state index contributed by atoms with van der Waals surface area (Å²) in [5.74, 6) is -0.259. The molecule has 1 aromatic rings. The first-order chi connectivity index (χ1) is 12.7. The van der Waals surface area contributed by atoms with Crippen LogP contribution in [0.3, 0.4) is 0 Å². The SMILES string of the molecule is CCCCCCCCCCCCCCCC(O)(CC)Oc1ccccc1. The number of para-hydroxylation sites is 1. The van der Waals surface area contributed by atoms with Crippen LogP contribution in [0.1, 0.15) is 110 Å². The molecule has 1 aromatic carbocycles. The Labute approximate surface area is 162 Å². The third kappa shape index (κ3) is 11.6. The maximum atomic E-state index is 10.6. The molecule has 0 aliphatic rings. The maximum Gasteiger partial charge on any atom is 0.207 e. The van der Waals surface area contributed by atoms with Gasteiger partial charge >= 0.3 is 0 Å². The summed E-state index contributed by atoms with van der Waals surface area (Å²) in [4.78, 5) is 0. The quantitative estimate of drug-likeness (QED) is 0.228. The largest absolute Gasteiger partial charge is 0.463 e. The maximum absolute atomic E-state index is 10.6.